The second-order valence-corrected chi connectivity index (χ2v) is 8.89. The minimum Gasteiger partial charge on any atom is -0.481 e. The topological polar surface area (TPSA) is 116 Å². The summed E-state index contributed by atoms with van der Waals surface area (Å²) in [7, 11) is 0. The third-order valence-electron chi connectivity index (χ3n) is 5.86. The van der Waals surface area contributed by atoms with Crippen LogP contribution in [0.2, 0.25) is 0 Å². The predicted molar refractivity (Wildman–Crippen MR) is 115 cm³/mol. The van der Waals surface area contributed by atoms with Crippen molar-refractivity contribution < 1.29 is 34.7 Å². The van der Waals surface area contributed by atoms with Gasteiger partial charge in [0, 0.05) is 6.42 Å². The molecule has 30 heavy (non-hydrogen) atoms. The first-order valence-corrected chi connectivity index (χ1v) is 11.9. The highest BCUT2D eigenvalue weighted by molar-refractivity contribution is 5.67. The Morgan fingerprint density at radius 3 is 1.97 bits per heavy atom. The number of ether oxygens (including phenoxy) is 2. The molecule has 1 rings (SSSR count). The number of carboxylic acids is 1. The van der Waals surface area contributed by atoms with Gasteiger partial charge in [0.25, 0.3) is 0 Å². The molecule has 0 amide bonds. The van der Waals surface area contributed by atoms with Gasteiger partial charge >= 0.3 is 5.97 Å². The molecular formula is C23H44O7. The lowest BCUT2D eigenvalue weighted by molar-refractivity contribution is -0.273. The monoisotopic (exact) mass is 432 g/mol. The number of aliphatic hydroxyl groups excluding tert-OH is 3. The van der Waals surface area contributed by atoms with Crippen molar-refractivity contribution in [3.05, 3.63) is 0 Å². The van der Waals surface area contributed by atoms with Crippen LogP contribution in [0.15, 0.2) is 0 Å². The highest BCUT2D eigenvalue weighted by atomic mass is 16.7. The van der Waals surface area contributed by atoms with Crippen LogP contribution >= 0.6 is 0 Å². The number of rotatable bonds is 17. The van der Waals surface area contributed by atoms with Crippen molar-refractivity contribution in [1.82, 2.24) is 0 Å². The number of carboxylic acid groups (broad SMARTS) is 1. The molecule has 6 atom stereocenters. The molecule has 0 aromatic heterocycles. The molecule has 178 valence electrons. The number of hydrogen-bond donors (Lipinski definition) is 4. The fraction of sp³-hybridized carbons (Fsp3) is 0.957. The summed E-state index contributed by atoms with van der Waals surface area (Å²) < 4.78 is 11.4. The van der Waals surface area contributed by atoms with Gasteiger partial charge in [-0.1, -0.05) is 64.2 Å². The van der Waals surface area contributed by atoms with E-state index < -0.39 is 30.6 Å². The third kappa shape index (κ3) is 12.8. The molecule has 1 aliphatic heterocycles. The number of aliphatic carboxylic acids is 1. The van der Waals surface area contributed by atoms with Crippen LogP contribution in [0.25, 0.3) is 0 Å². The number of carbonyl (C=O) groups is 1. The molecule has 0 radical (unpaired) electrons. The van der Waals surface area contributed by atoms with Crippen LogP contribution in [-0.4, -0.2) is 63.2 Å². The Labute approximate surface area is 181 Å². The van der Waals surface area contributed by atoms with Crippen molar-refractivity contribution >= 4 is 5.97 Å². The van der Waals surface area contributed by atoms with Crippen LogP contribution in [0.3, 0.4) is 0 Å². The molecule has 0 aliphatic carbocycles. The molecule has 0 spiro atoms. The van der Waals surface area contributed by atoms with E-state index in [1.807, 2.05) is 6.92 Å². The van der Waals surface area contributed by atoms with Crippen LogP contribution in [0.1, 0.15) is 104 Å². The Morgan fingerprint density at radius 2 is 1.43 bits per heavy atom. The van der Waals surface area contributed by atoms with Gasteiger partial charge < -0.3 is 29.9 Å². The van der Waals surface area contributed by atoms with Gasteiger partial charge in [-0.3, -0.25) is 4.79 Å². The second kappa shape index (κ2) is 16.0. The van der Waals surface area contributed by atoms with Crippen molar-refractivity contribution in [2.45, 2.75) is 141 Å². The van der Waals surface area contributed by atoms with Gasteiger partial charge in [0.05, 0.1) is 30.8 Å². The summed E-state index contributed by atoms with van der Waals surface area (Å²) in [5.41, 5.74) is 0. The summed E-state index contributed by atoms with van der Waals surface area (Å²) in [6.07, 6.45) is 10.2. The van der Waals surface area contributed by atoms with Crippen LogP contribution in [0, 0.1) is 0 Å². The van der Waals surface area contributed by atoms with Crippen LogP contribution < -0.4 is 0 Å². The highest BCUT2D eigenvalue weighted by Crippen LogP contribution is 2.23. The summed E-state index contributed by atoms with van der Waals surface area (Å²) in [4.78, 5) is 10.5. The number of aliphatic hydroxyl groups is 3. The van der Waals surface area contributed by atoms with E-state index in [-0.39, 0.29) is 18.6 Å². The molecule has 1 aliphatic rings. The van der Waals surface area contributed by atoms with Crippen molar-refractivity contribution in [3.8, 4) is 0 Å². The minimum absolute atomic E-state index is 0.0288. The summed E-state index contributed by atoms with van der Waals surface area (Å²) in [6, 6.07) is 0. The van der Waals surface area contributed by atoms with Gasteiger partial charge in [0.1, 0.15) is 6.10 Å². The zero-order chi connectivity index (χ0) is 22.4. The summed E-state index contributed by atoms with van der Waals surface area (Å²) in [6.45, 7) is 3.80. The van der Waals surface area contributed by atoms with Gasteiger partial charge in [-0.15, -0.1) is 0 Å². The van der Waals surface area contributed by atoms with E-state index >= 15 is 0 Å². The fourth-order valence-corrected chi connectivity index (χ4v) is 3.89. The van der Waals surface area contributed by atoms with Gasteiger partial charge in [-0.2, -0.15) is 0 Å². The molecule has 1 saturated heterocycles. The molecule has 0 aromatic rings. The maximum Gasteiger partial charge on any atom is 0.305 e. The fourth-order valence-electron chi connectivity index (χ4n) is 3.89. The van der Waals surface area contributed by atoms with Gasteiger partial charge in [0.2, 0.25) is 0 Å². The molecule has 0 saturated carbocycles. The highest BCUT2D eigenvalue weighted by Gasteiger charge is 2.35. The zero-order valence-corrected chi connectivity index (χ0v) is 18.9. The molecule has 6 unspecified atom stereocenters. The van der Waals surface area contributed by atoms with E-state index in [9.17, 15) is 20.1 Å². The normalized spacial score (nSPS) is 26.4. The Kier molecular flexibility index (Phi) is 14.5. The van der Waals surface area contributed by atoms with E-state index in [4.69, 9.17) is 14.6 Å². The van der Waals surface area contributed by atoms with Crippen LogP contribution in [0.5, 0.6) is 0 Å². The number of hydrogen-bond acceptors (Lipinski definition) is 6. The third-order valence-corrected chi connectivity index (χ3v) is 5.86. The standard InChI is InChI=1S/C23H44O7/c1-17(29-23-21(26)16-20(25)18(2)30-23)13-11-9-7-5-3-4-6-8-10-12-14-19(24)15-22(27)28/h17-21,23-26H,3-16H2,1-2H3,(H,27,28). The lowest BCUT2D eigenvalue weighted by Gasteiger charge is -2.36. The molecule has 7 heteroatoms. The molecule has 7 nitrogen and oxygen atoms in total. The van der Waals surface area contributed by atoms with E-state index in [1.54, 1.807) is 6.92 Å². The largest absolute Gasteiger partial charge is 0.481 e. The maximum atomic E-state index is 10.5. The van der Waals surface area contributed by atoms with E-state index in [1.165, 1.54) is 38.5 Å². The second-order valence-electron chi connectivity index (χ2n) is 8.89. The van der Waals surface area contributed by atoms with E-state index in [0.29, 0.717) is 12.8 Å². The number of unbranched alkanes of at least 4 members (excludes halogenated alkanes) is 9. The SMILES string of the molecule is CC(CCCCCCCCCCCCC(O)CC(=O)O)OC1OC(C)C(O)CC1O. The summed E-state index contributed by atoms with van der Waals surface area (Å²) in [5, 5.41) is 37.8. The van der Waals surface area contributed by atoms with E-state index in [0.717, 1.165) is 32.1 Å². The predicted octanol–water partition coefficient (Wildman–Crippen LogP) is 3.77. The minimum atomic E-state index is -0.933. The molecule has 1 heterocycles. The maximum absolute atomic E-state index is 10.5. The summed E-state index contributed by atoms with van der Waals surface area (Å²) in [5.74, 6) is -0.933. The smallest absolute Gasteiger partial charge is 0.305 e. The first-order chi connectivity index (χ1) is 14.3. The molecule has 0 aromatic carbocycles. The molecule has 0 bridgehead atoms. The first-order valence-electron chi connectivity index (χ1n) is 11.9. The molecule has 4 N–H and O–H groups in total. The lowest BCUT2D eigenvalue weighted by atomic mass is 10.0. The first kappa shape index (κ1) is 27.3. The molecule has 1 fully saturated rings. The summed E-state index contributed by atoms with van der Waals surface area (Å²) >= 11 is 0. The lowest BCUT2D eigenvalue weighted by Crippen LogP contribution is -2.48. The van der Waals surface area contributed by atoms with Crippen molar-refractivity contribution in [2.24, 2.45) is 0 Å². The zero-order valence-electron chi connectivity index (χ0n) is 18.9. The van der Waals surface area contributed by atoms with Crippen LogP contribution in [0.4, 0.5) is 0 Å². The Morgan fingerprint density at radius 1 is 0.933 bits per heavy atom. The van der Waals surface area contributed by atoms with Crippen molar-refractivity contribution in [2.75, 3.05) is 0 Å². The van der Waals surface area contributed by atoms with Gasteiger partial charge in [-0.05, 0) is 26.7 Å². The molecular weight excluding hydrogens is 388 g/mol. The Balaban J connectivity index is 1.88. The van der Waals surface area contributed by atoms with Gasteiger partial charge in [0.15, 0.2) is 6.29 Å². The Bertz CT molecular complexity index is 445. The van der Waals surface area contributed by atoms with Crippen molar-refractivity contribution in [1.29, 1.82) is 0 Å². The van der Waals surface area contributed by atoms with Gasteiger partial charge in [-0.25, -0.2) is 0 Å². The average Bonchev–Trinajstić information content (AvgIpc) is 2.66. The average molecular weight is 433 g/mol. The van der Waals surface area contributed by atoms with E-state index in [2.05, 4.69) is 0 Å². The van der Waals surface area contributed by atoms with Crippen molar-refractivity contribution in [3.63, 3.8) is 0 Å². The Hall–Kier alpha value is -0.730. The quantitative estimate of drug-likeness (QED) is 0.259. The van der Waals surface area contributed by atoms with Crippen LogP contribution in [-0.2, 0) is 14.3 Å².